The summed E-state index contributed by atoms with van der Waals surface area (Å²) < 4.78 is 5.36. The Kier molecular flexibility index (Phi) is 3.81. The first-order valence-corrected chi connectivity index (χ1v) is 6.26. The lowest BCUT2D eigenvalue weighted by molar-refractivity contribution is 0.0696. The number of carboxylic acid groups (broad SMARTS) is 1. The van der Waals surface area contributed by atoms with E-state index in [-0.39, 0.29) is 5.56 Å². The number of halogens is 1. The third kappa shape index (κ3) is 2.74. The van der Waals surface area contributed by atoms with E-state index in [9.17, 15) is 4.79 Å². The summed E-state index contributed by atoms with van der Waals surface area (Å²) in [5, 5.41) is 9.53. The molecule has 100 valence electrons. The molecule has 2 N–H and O–H groups in total. The molecule has 19 heavy (non-hydrogen) atoms. The van der Waals surface area contributed by atoms with Gasteiger partial charge in [0.05, 0.1) is 17.2 Å². The number of aromatic amines is 1. The zero-order chi connectivity index (χ0) is 14.0. The van der Waals surface area contributed by atoms with Crippen LogP contribution in [-0.4, -0.2) is 22.7 Å². The van der Waals surface area contributed by atoms with Crippen molar-refractivity contribution in [1.82, 2.24) is 4.98 Å². The van der Waals surface area contributed by atoms with Gasteiger partial charge in [-0.25, -0.2) is 4.79 Å². The van der Waals surface area contributed by atoms with E-state index in [0.717, 1.165) is 11.3 Å². The molecule has 0 aliphatic heterocycles. The van der Waals surface area contributed by atoms with Crippen molar-refractivity contribution in [2.75, 3.05) is 6.61 Å². The molecule has 0 atom stereocenters. The number of hydrogen-bond donors (Lipinski definition) is 2. The second-order valence-corrected chi connectivity index (χ2v) is 4.51. The topological polar surface area (TPSA) is 62.3 Å². The minimum Gasteiger partial charge on any atom is -0.492 e. The van der Waals surface area contributed by atoms with Gasteiger partial charge >= 0.3 is 5.97 Å². The Labute approximate surface area is 116 Å². The molecule has 0 spiro atoms. The first-order chi connectivity index (χ1) is 9.02. The van der Waals surface area contributed by atoms with Gasteiger partial charge in [-0.2, -0.15) is 0 Å². The van der Waals surface area contributed by atoms with Crippen LogP contribution in [0.3, 0.4) is 0 Å². The van der Waals surface area contributed by atoms with Gasteiger partial charge in [0.15, 0.2) is 0 Å². The van der Waals surface area contributed by atoms with Crippen molar-refractivity contribution in [2.24, 2.45) is 0 Å². The summed E-state index contributed by atoms with van der Waals surface area (Å²) in [5.74, 6) is -0.327. The van der Waals surface area contributed by atoms with Gasteiger partial charge in [0.1, 0.15) is 5.75 Å². The summed E-state index contributed by atoms with van der Waals surface area (Å²) >= 11 is 6.11. The Morgan fingerprint density at radius 3 is 2.68 bits per heavy atom. The second-order valence-electron chi connectivity index (χ2n) is 4.11. The first kappa shape index (κ1) is 13.5. The Balaban J connectivity index is 2.39. The van der Waals surface area contributed by atoms with Crippen LogP contribution in [0.25, 0.3) is 11.3 Å². The molecule has 0 unspecified atom stereocenters. The van der Waals surface area contributed by atoms with Gasteiger partial charge < -0.3 is 14.8 Å². The Bertz CT molecular complexity index is 619. The molecule has 0 saturated carbocycles. The normalized spacial score (nSPS) is 10.5. The molecule has 0 aliphatic rings. The average molecular weight is 280 g/mol. The fourth-order valence-electron chi connectivity index (χ4n) is 1.88. The summed E-state index contributed by atoms with van der Waals surface area (Å²) in [4.78, 5) is 14.0. The van der Waals surface area contributed by atoms with Gasteiger partial charge in [-0.1, -0.05) is 11.6 Å². The summed E-state index contributed by atoms with van der Waals surface area (Å²) in [5.41, 5.74) is 2.43. The molecule has 5 heteroatoms. The highest BCUT2D eigenvalue weighted by Crippen LogP contribution is 2.30. The fraction of sp³-hybridized carbons (Fsp3) is 0.214. The maximum atomic E-state index is 11.0. The van der Waals surface area contributed by atoms with Gasteiger partial charge in [-0.05, 0) is 43.7 Å². The quantitative estimate of drug-likeness (QED) is 0.896. The van der Waals surface area contributed by atoms with E-state index in [1.807, 2.05) is 13.0 Å². The van der Waals surface area contributed by atoms with Crippen LogP contribution in [0, 0.1) is 6.92 Å². The highest BCUT2D eigenvalue weighted by atomic mass is 35.5. The predicted octanol–water partition coefficient (Wildman–Crippen LogP) is 3.74. The lowest BCUT2D eigenvalue weighted by Gasteiger charge is -2.06. The molecule has 2 rings (SSSR count). The van der Waals surface area contributed by atoms with E-state index < -0.39 is 5.97 Å². The first-order valence-electron chi connectivity index (χ1n) is 5.88. The lowest BCUT2D eigenvalue weighted by Crippen LogP contribution is -1.95. The van der Waals surface area contributed by atoms with Crippen LogP contribution in [0.5, 0.6) is 5.75 Å². The van der Waals surface area contributed by atoms with E-state index in [2.05, 4.69) is 4.98 Å². The average Bonchev–Trinajstić information content (AvgIpc) is 2.74. The third-order valence-corrected chi connectivity index (χ3v) is 3.08. The molecule has 0 bridgehead atoms. The van der Waals surface area contributed by atoms with Crippen molar-refractivity contribution >= 4 is 17.6 Å². The summed E-state index contributed by atoms with van der Waals surface area (Å²) in [6, 6.07) is 6.97. The molecule has 0 aliphatic carbocycles. The molecule has 1 aromatic heterocycles. The van der Waals surface area contributed by atoms with Gasteiger partial charge in [-0.15, -0.1) is 0 Å². The second kappa shape index (κ2) is 5.36. The Morgan fingerprint density at radius 2 is 2.16 bits per heavy atom. The number of aryl methyl sites for hydroxylation is 1. The molecule has 0 fully saturated rings. The molecule has 0 saturated heterocycles. The predicted molar refractivity (Wildman–Crippen MR) is 74.1 cm³/mol. The number of nitrogens with one attached hydrogen (secondary N) is 1. The number of aromatic nitrogens is 1. The highest BCUT2D eigenvalue weighted by Gasteiger charge is 2.13. The maximum absolute atomic E-state index is 11.0. The van der Waals surface area contributed by atoms with E-state index in [0.29, 0.717) is 23.1 Å². The van der Waals surface area contributed by atoms with Crippen LogP contribution < -0.4 is 4.74 Å². The van der Waals surface area contributed by atoms with Crippen LogP contribution in [0.15, 0.2) is 24.3 Å². The molecule has 4 nitrogen and oxygen atoms in total. The third-order valence-electron chi connectivity index (χ3n) is 2.79. The molecule has 1 aromatic carbocycles. The van der Waals surface area contributed by atoms with Gasteiger partial charge in [0, 0.05) is 11.4 Å². The number of hydrogen-bond acceptors (Lipinski definition) is 2. The van der Waals surface area contributed by atoms with Crippen molar-refractivity contribution in [3.63, 3.8) is 0 Å². The standard InChI is InChI=1S/C14H14ClNO3/c1-3-19-13-5-4-9(6-11(13)15)12-7-10(14(17)18)8(2)16-12/h4-7,16H,3H2,1-2H3,(H,17,18). The number of carboxylic acids is 1. The van der Waals surface area contributed by atoms with Crippen LogP contribution >= 0.6 is 11.6 Å². The van der Waals surface area contributed by atoms with Gasteiger partial charge in [-0.3, -0.25) is 0 Å². The number of rotatable bonds is 4. The number of benzene rings is 1. The lowest BCUT2D eigenvalue weighted by atomic mass is 10.1. The van der Waals surface area contributed by atoms with Crippen LogP contribution in [-0.2, 0) is 0 Å². The highest BCUT2D eigenvalue weighted by molar-refractivity contribution is 6.32. The zero-order valence-electron chi connectivity index (χ0n) is 10.7. The monoisotopic (exact) mass is 279 g/mol. The molecular formula is C14H14ClNO3. The molecular weight excluding hydrogens is 266 g/mol. The van der Waals surface area contributed by atoms with E-state index in [1.54, 1.807) is 25.1 Å². The molecule has 1 heterocycles. The van der Waals surface area contributed by atoms with Crippen molar-refractivity contribution in [2.45, 2.75) is 13.8 Å². The maximum Gasteiger partial charge on any atom is 0.337 e. The van der Waals surface area contributed by atoms with E-state index in [4.69, 9.17) is 21.4 Å². The number of carbonyl (C=O) groups is 1. The fourth-order valence-corrected chi connectivity index (χ4v) is 2.11. The molecule has 0 amide bonds. The van der Waals surface area contributed by atoms with Crippen molar-refractivity contribution < 1.29 is 14.6 Å². The summed E-state index contributed by atoms with van der Waals surface area (Å²) in [7, 11) is 0. The minimum atomic E-state index is -0.947. The smallest absolute Gasteiger partial charge is 0.337 e. The minimum absolute atomic E-state index is 0.264. The van der Waals surface area contributed by atoms with Crippen molar-refractivity contribution in [3.05, 3.63) is 40.5 Å². The Hall–Kier alpha value is -1.94. The van der Waals surface area contributed by atoms with Crippen LogP contribution in [0.1, 0.15) is 23.0 Å². The molecule has 0 radical (unpaired) electrons. The SMILES string of the molecule is CCOc1ccc(-c2cc(C(=O)O)c(C)[nH]2)cc1Cl. The summed E-state index contributed by atoms with van der Waals surface area (Å²) in [6.07, 6.45) is 0. The van der Waals surface area contributed by atoms with Crippen LogP contribution in [0.4, 0.5) is 0 Å². The van der Waals surface area contributed by atoms with Gasteiger partial charge in [0.25, 0.3) is 0 Å². The van der Waals surface area contributed by atoms with Crippen LogP contribution in [0.2, 0.25) is 5.02 Å². The number of H-pyrrole nitrogens is 1. The summed E-state index contributed by atoms with van der Waals surface area (Å²) in [6.45, 7) is 4.16. The van der Waals surface area contributed by atoms with E-state index in [1.165, 1.54) is 0 Å². The van der Waals surface area contributed by atoms with Gasteiger partial charge in [0.2, 0.25) is 0 Å². The molecule has 2 aromatic rings. The zero-order valence-corrected chi connectivity index (χ0v) is 11.4. The Morgan fingerprint density at radius 1 is 1.42 bits per heavy atom. The van der Waals surface area contributed by atoms with Crippen molar-refractivity contribution in [1.29, 1.82) is 0 Å². The largest absolute Gasteiger partial charge is 0.492 e. The number of ether oxygens (including phenoxy) is 1. The van der Waals surface area contributed by atoms with Crippen molar-refractivity contribution in [3.8, 4) is 17.0 Å². The van der Waals surface area contributed by atoms with E-state index >= 15 is 0 Å². The number of aromatic carboxylic acids is 1.